The average molecular weight is 261 g/mol. The summed E-state index contributed by atoms with van der Waals surface area (Å²) in [5, 5.41) is 1.01. The van der Waals surface area contributed by atoms with Gasteiger partial charge in [-0.25, -0.2) is 4.98 Å². The van der Waals surface area contributed by atoms with Gasteiger partial charge in [0.2, 0.25) is 0 Å². The number of imidazole rings is 1. The summed E-state index contributed by atoms with van der Waals surface area (Å²) in [7, 11) is 2.01. The van der Waals surface area contributed by atoms with Crippen molar-refractivity contribution in [1.29, 1.82) is 0 Å². The Morgan fingerprint density at radius 1 is 1.44 bits per heavy atom. The van der Waals surface area contributed by atoms with Crippen LogP contribution < -0.4 is 5.73 Å². The first-order chi connectivity index (χ1) is 8.56. The van der Waals surface area contributed by atoms with Crippen molar-refractivity contribution >= 4 is 11.8 Å². The lowest BCUT2D eigenvalue weighted by Crippen LogP contribution is -2.17. The highest BCUT2D eigenvalue weighted by molar-refractivity contribution is 7.99. The molecule has 4 heteroatoms. The highest BCUT2D eigenvalue weighted by Crippen LogP contribution is 2.29. The molecule has 0 saturated heterocycles. The summed E-state index contributed by atoms with van der Waals surface area (Å²) in [5.41, 5.74) is 8.40. The van der Waals surface area contributed by atoms with Crippen molar-refractivity contribution < 1.29 is 0 Å². The molecule has 2 aromatic rings. The van der Waals surface area contributed by atoms with Crippen LogP contribution in [-0.4, -0.2) is 15.6 Å². The second-order valence-electron chi connectivity index (χ2n) is 4.70. The monoisotopic (exact) mass is 261 g/mol. The lowest BCUT2D eigenvalue weighted by Gasteiger charge is -2.09. The van der Waals surface area contributed by atoms with Gasteiger partial charge >= 0.3 is 0 Å². The SMILES string of the molecule is Cc1cc(CC(C)N)ccc1Sc1nccn1C. The van der Waals surface area contributed by atoms with E-state index in [0.29, 0.717) is 0 Å². The fourth-order valence-corrected chi connectivity index (χ4v) is 2.74. The molecule has 0 amide bonds. The van der Waals surface area contributed by atoms with Gasteiger partial charge in [0.15, 0.2) is 5.16 Å². The average Bonchev–Trinajstić information content (AvgIpc) is 2.67. The van der Waals surface area contributed by atoms with Gasteiger partial charge < -0.3 is 10.3 Å². The number of hydrogen-bond acceptors (Lipinski definition) is 3. The van der Waals surface area contributed by atoms with E-state index in [1.54, 1.807) is 11.8 Å². The van der Waals surface area contributed by atoms with Gasteiger partial charge in [0.05, 0.1) is 0 Å². The standard InChI is InChI=1S/C14H19N3S/c1-10-8-12(9-11(2)15)4-5-13(10)18-14-16-6-7-17(14)3/h4-8,11H,9,15H2,1-3H3. The molecule has 0 aliphatic carbocycles. The molecule has 1 aromatic carbocycles. The summed E-state index contributed by atoms with van der Waals surface area (Å²) in [6.07, 6.45) is 4.71. The van der Waals surface area contributed by atoms with Crippen molar-refractivity contribution in [2.24, 2.45) is 12.8 Å². The first-order valence-corrected chi connectivity index (χ1v) is 6.88. The van der Waals surface area contributed by atoms with E-state index in [1.807, 2.05) is 30.9 Å². The van der Waals surface area contributed by atoms with Gasteiger partial charge in [-0.2, -0.15) is 0 Å². The Morgan fingerprint density at radius 2 is 2.22 bits per heavy atom. The predicted molar refractivity (Wildman–Crippen MR) is 75.9 cm³/mol. The number of nitrogens with two attached hydrogens (primary N) is 1. The third-order valence-corrected chi connectivity index (χ3v) is 4.03. The first-order valence-electron chi connectivity index (χ1n) is 6.06. The second-order valence-corrected chi connectivity index (χ2v) is 5.71. The third kappa shape index (κ3) is 3.15. The molecule has 0 aliphatic heterocycles. The lowest BCUT2D eigenvalue weighted by molar-refractivity contribution is 0.737. The van der Waals surface area contributed by atoms with Crippen LogP contribution >= 0.6 is 11.8 Å². The van der Waals surface area contributed by atoms with Gasteiger partial charge in [-0.3, -0.25) is 0 Å². The number of nitrogens with zero attached hydrogens (tertiary/aromatic N) is 2. The van der Waals surface area contributed by atoms with E-state index in [0.717, 1.165) is 11.6 Å². The largest absolute Gasteiger partial charge is 0.329 e. The van der Waals surface area contributed by atoms with Crippen LogP contribution in [0.4, 0.5) is 0 Å². The number of hydrogen-bond donors (Lipinski definition) is 1. The van der Waals surface area contributed by atoms with E-state index in [2.05, 4.69) is 30.1 Å². The number of benzene rings is 1. The van der Waals surface area contributed by atoms with Gasteiger partial charge in [0.25, 0.3) is 0 Å². The van der Waals surface area contributed by atoms with Gasteiger partial charge in [-0.15, -0.1) is 0 Å². The number of rotatable bonds is 4. The summed E-state index contributed by atoms with van der Waals surface area (Å²) in [5.74, 6) is 0. The molecule has 2 N–H and O–H groups in total. The first kappa shape index (κ1) is 13.2. The van der Waals surface area contributed by atoms with E-state index in [-0.39, 0.29) is 6.04 Å². The highest BCUT2D eigenvalue weighted by Gasteiger charge is 2.06. The molecule has 1 atom stereocenters. The Kier molecular flexibility index (Phi) is 4.09. The molecule has 18 heavy (non-hydrogen) atoms. The maximum absolute atomic E-state index is 5.82. The van der Waals surface area contributed by atoms with Crippen LogP contribution in [0, 0.1) is 6.92 Å². The minimum atomic E-state index is 0.206. The van der Waals surface area contributed by atoms with Gasteiger partial charge in [-0.05, 0) is 37.5 Å². The molecule has 3 nitrogen and oxygen atoms in total. The summed E-state index contributed by atoms with van der Waals surface area (Å²) in [6.45, 7) is 4.17. The Hall–Kier alpha value is -1.26. The lowest BCUT2D eigenvalue weighted by atomic mass is 10.1. The van der Waals surface area contributed by atoms with Crippen LogP contribution in [-0.2, 0) is 13.5 Å². The van der Waals surface area contributed by atoms with Crippen molar-refractivity contribution in [3.63, 3.8) is 0 Å². The van der Waals surface area contributed by atoms with Crippen LogP contribution in [0.25, 0.3) is 0 Å². The highest BCUT2D eigenvalue weighted by atomic mass is 32.2. The Balaban J connectivity index is 2.17. The van der Waals surface area contributed by atoms with Crippen LogP contribution in [0.5, 0.6) is 0 Å². The number of aromatic nitrogens is 2. The van der Waals surface area contributed by atoms with Crippen LogP contribution in [0.2, 0.25) is 0 Å². The zero-order valence-electron chi connectivity index (χ0n) is 11.1. The molecule has 1 aromatic heterocycles. The Morgan fingerprint density at radius 3 is 2.78 bits per heavy atom. The third-order valence-electron chi connectivity index (χ3n) is 2.78. The molecule has 0 bridgehead atoms. The summed E-state index contributed by atoms with van der Waals surface area (Å²) < 4.78 is 2.03. The summed E-state index contributed by atoms with van der Waals surface area (Å²) in [4.78, 5) is 5.58. The molecule has 2 rings (SSSR count). The molecule has 0 radical (unpaired) electrons. The van der Waals surface area contributed by atoms with Crippen LogP contribution in [0.1, 0.15) is 18.1 Å². The molecule has 0 saturated carbocycles. The van der Waals surface area contributed by atoms with Crippen molar-refractivity contribution in [2.75, 3.05) is 0 Å². The molecule has 0 fully saturated rings. The fraction of sp³-hybridized carbons (Fsp3) is 0.357. The van der Waals surface area contributed by atoms with E-state index in [9.17, 15) is 0 Å². The Bertz CT molecular complexity index is 532. The predicted octanol–water partition coefficient (Wildman–Crippen LogP) is 2.77. The van der Waals surface area contributed by atoms with Gasteiger partial charge in [-0.1, -0.05) is 23.9 Å². The summed E-state index contributed by atoms with van der Waals surface area (Å²) in [6, 6.07) is 6.74. The normalized spacial score (nSPS) is 12.7. The number of aryl methyl sites for hydroxylation is 2. The molecule has 1 heterocycles. The van der Waals surface area contributed by atoms with Crippen LogP contribution in [0.15, 0.2) is 40.6 Å². The zero-order chi connectivity index (χ0) is 13.1. The Labute approximate surface area is 112 Å². The summed E-state index contributed by atoms with van der Waals surface area (Å²) >= 11 is 1.70. The molecule has 0 spiro atoms. The van der Waals surface area contributed by atoms with Crippen LogP contribution in [0.3, 0.4) is 0 Å². The maximum atomic E-state index is 5.82. The molecule has 1 unspecified atom stereocenters. The van der Waals surface area contributed by atoms with Crippen molar-refractivity contribution in [3.8, 4) is 0 Å². The fourth-order valence-electron chi connectivity index (χ4n) is 1.87. The van der Waals surface area contributed by atoms with Crippen molar-refractivity contribution in [3.05, 3.63) is 41.7 Å². The molecule has 96 valence electrons. The minimum Gasteiger partial charge on any atom is -0.329 e. The maximum Gasteiger partial charge on any atom is 0.172 e. The molecule has 0 aliphatic rings. The van der Waals surface area contributed by atoms with Crippen molar-refractivity contribution in [2.45, 2.75) is 36.4 Å². The van der Waals surface area contributed by atoms with Gasteiger partial charge in [0.1, 0.15) is 0 Å². The minimum absolute atomic E-state index is 0.206. The van der Waals surface area contributed by atoms with Gasteiger partial charge in [0, 0.05) is 30.4 Å². The van der Waals surface area contributed by atoms with E-state index in [1.165, 1.54) is 16.0 Å². The molecular formula is C14H19N3S. The zero-order valence-corrected chi connectivity index (χ0v) is 11.9. The van der Waals surface area contributed by atoms with E-state index in [4.69, 9.17) is 5.73 Å². The topological polar surface area (TPSA) is 43.8 Å². The smallest absolute Gasteiger partial charge is 0.172 e. The van der Waals surface area contributed by atoms with E-state index < -0.39 is 0 Å². The van der Waals surface area contributed by atoms with Crippen molar-refractivity contribution in [1.82, 2.24) is 9.55 Å². The second kappa shape index (κ2) is 5.59. The molecular weight excluding hydrogens is 242 g/mol. The quantitative estimate of drug-likeness (QED) is 0.920. The van der Waals surface area contributed by atoms with E-state index >= 15 is 0 Å².